The fraction of sp³-hybridized carbons (Fsp3) is 0. The molecule has 1 rings (SSSR count). The predicted octanol–water partition coefficient (Wildman–Crippen LogP) is 0.907. The molecule has 14 heavy (non-hydrogen) atoms. The lowest BCUT2D eigenvalue weighted by Crippen LogP contribution is -2.01. The van der Waals surface area contributed by atoms with Crippen molar-refractivity contribution in [2.75, 3.05) is 0 Å². The molecule has 0 aliphatic rings. The van der Waals surface area contributed by atoms with Gasteiger partial charge in [0.05, 0.1) is 4.92 Å². The van der Waals surface area contributed by atoms with Crippen LogP contribution in [0.5, 0.6) is 0 Å². The molecule has 74 valence electrons. The summed E-state index contributed by atoms with van der Waals surface area (Å²) in [5, 5.41) is 11.1. The Hall–Kier alpha value is -1.76. The van der Waals surface area contributed by atoms with Crippen molar-refractivity contribution in [2.45, 2.75) is 4.90 Å². The van der Waals surface area contributed by atoms with Gasteiger partial charge in [0.15, 0.2) is 4.90 Å². The molecule has 0 spiro atoms. The van der Waals surface area contributed by atoms with Crippen molar-refractivity contribution >= 4 is 15.5 Å². The molecule has 1 aromatic rings. The molecule has 1 heterocycles. The van der Waals surface area contributed by atoms with Crippen LogP contribution in [0.25, 0.3) is 0 Å². The van der Waals surface area contributed by atoms with Gasteiger partial charge in [0, 0.05) is 11.6 Å². The van der Waals surface area contributed by atoms with Crippen LogP contribution in [0, 0.1) is 10.1 Å². The van der Waals surface area contributed by atoms with Crippen molar-refractivity contribution in [3.8, 4) is 0 Å². The molecule has 0 saturated heterocycles. The summed E-state index contributed by atoms with van der Waals surface area (Å²) < 4.78 is 22.6. The second-order valence-corrected chi connectivity index (χ2v) is 4.18. The number of aromatic nitrogens is 1. The minimum Gasteiger partial charge on any atom is -0.258 e. The van der Waals surface area contributed by atoms with E-state index >= 15 is 0 Å². The molecule has 0 saturated carbocycles. The van der Waals surface area contributed by atoms with E-state index in [2.05, 4.69) is 11.6 Å². The minimum atomic E-state index is -3.79. The molecule has 0 N–H and O–H groups in total. The molecule has 0 fully saturated rings. The van der Waals surface area contributed by atoms with E-state index < -0.39 is 25.3 Å². The Morgan fingerprint density at radius 3 is 2.71 bits per heavy atom. The van der Waals surface area contributed by atoms with E-state index in [4.69, 9.17) is 0 Å². The van der Waals surface area contributed by atoms with E-state index in [-0.39, 0.29) is 0 Å². The average Bonchev–Trinajstić information content (AvgIpc) is 2.18. The highest BCUT2D eigenvalue weighted by Crippen LogP contribution is 2.22. The van der Waals surface area contributed by atoms with Gasteiger partial charge in [-0.2, -0.15) is 0 Å². The fourth-order valence-electron chi connectivity index (χ4n) is 0.841. The first kappa shape index (κ1) is 10.3. The first-order chi connectivity index (χ1) is 6.49. The summed E-state index contributed by atoms with van der Waals surface area (Å²) in [6.45, 7) is 3.08. The maximum absolute atomic E-state index is 11.3. The van der Waals surface area contributed by atoms with E-state index in [1.165, 1.54) is 6.20 Å². The van der Waals surface area contributed by atoms with Gasteiger partial charge < -0.3 is 0 Å². The quantitative estimate of drug-likeness (QED) is 0.550. The van der Waals surface area contributed by atoms with Crippen molar-refractivity contribution in [3.63, 3.8) is 0 Å². The Labute approximate surface area is 80.0 Å². The molecular weight excluding hydrogens is 208 g/mol. The maximum atomic E-state index is 11.3. The molecule has 0 aliphatic heterocycles. The van der Waals surface area contributed by atoms with Gasteiger partial charge >= 0.3 is 5.69 Å². The zero-order valence-electron chi connectivity index (χ0n) is 6.95. The summed E-state index contributed by atoms with van der Waals surface area (Å²) >= 11 is 0. The lowest BCUT2D eigenvalue weighted by Gasteiger charge is -1.98. The molecular formula is C7H6N2O4S. The zero-order valence-corrected chi connectivity index (χ0v) is 7.77. The Balaban J connectivity index is 3.50. The topological polar surface area (TPSA) is 90.2 Å². The van der Waals surface area contributed by atoms with E-state index in [0.717, 1.165) is 12.3 Å². The fourth-order valence-corrected chi connectivity index (χ4v) is 1.69. The van der Waals surface area contributed by atoms with E-state index in [1.54, 1.807) is 0 Å². The Morgan fingerprint density at radius 1 is 1.57 bits per heavy atom. The van der Waals surface area contributed by atoms with Crippen molar-refractivity contribution in [2.24, 2.45) is 0 Å². The summed E-state index contributed by atoms with van der Waals surface area (Å²) in [7, 11) is -3.79. The monoisotopic (exact) mass is 214 g/mol. The molecule has 0 unspecified atom stereocenters. The van der Waals surface area contributed by atoms with Gasteiger partial charge in [0.25, 0.3) is 0 Å². The van der Waals surface area contributed by atoms with Crippen molar-refractivity contribution in [1.82, 2.24) is 4.98 Å². The molecule has 0 radical (unpaired) electrons. The predicted molar refractivity (Wildman–Crippen MR) is 48.3 cm³/mol. The Kier molecular flexibility index (Phi) is 2.61. The van der Waals surface area contributed by atoms with Gasteiger partial charge in [-0.1, -0.05) is 6.58 Å². The molecule has 6 nitrogen and oxygen atoms in total. The molecule has 0 amide bonds. The van der Waals surface area contributed by atoms with Gasteiger partial charge in [-0.3, -0.25) is 15.1 Å². The maximum Gasteiger partial charge on any atom is 0.306 e. The number of hydrogen-bond donors (Lipinski definition) is 0. The van der Waals surface area contributed by atoms with Crippen LogP contribution in [0.4, 0.5) is 5.69 Å². The highest BCUT2D eigenvalue weighted by atomic mass is 32.2. The summed E-state index contributed by atoms with van der Waals surface area (Å²) in [6, 6.07) is 1.06. The van der Waals surface area contributed by atoms with E-state index in [9.17, 15) is 18.5 Å². The smallest absolute Gasteiger partial charge is 0.258 e. The largest absolute Gasteiger partial charge is 0.306 e. The van der Waals surface area contributed by atoms with Gasteiger partial charge in [-0.25, -0.2) is 8.42 Å². The van der Waals surface area contributed by atoms with Crippen LogP contribution in [0.1, 0.15) is 0 Å². The highest BCUT2D eigenvalue weighted by Gasteiger charge is 2.22. The van der Waals surface area contributed by atoms with Crippen LogP contribution in [0.2, 0.25) is 0 Å². The van der Waals surface area contributed by atoms with Gasteiger partial charge in [-0.15, -0.1) is 0 Å². The second-order valence-electron chi connectivity index (χ2n) is 2.31. The third-order valence-corrected chi connectivity index (χ3v) is 2.88. The van der Waals surface area contributed by atoms with E-state index in [1.807, 2.05) is 0 Å². The number of hydrogen-bond acceptors (Lipinski definition) is 5. The number of rotatable bonds is 3. The molecule has 7 heteroatoms. The van der Waals surface area contributed by atoms with Crippen LogP contribution in [-0.4, -0.2) is 18.3 Å². The molecule has 0 aliphatic carbocycles. The average molecular weight is 214 g/mol. The van der Waals surface area contributed by atoms with Crippen molar-refractivity contribution in [1.29, 1.82) is 0 Å². The number of nitrogens with zero attached hydrogens (tertiary/aromatic N) is 2. The van der Waals surface area contributed by atoms with Gasteiger partial charge in [-0.05, 0) is 6.07 Å². The van der Waals surface area contributed by atoms with Crippen molar-refractivity contribution in [3.05, 3.63) is 40.6 Å². The van der Waals surface area contributed by atoms with Crippen LogP contribution in [0.15, 0.2) is 35.3 Å². The van der Waals surface area contributed by atoms with E-state index in [0.29, 0.717) is 5.41 Å². The number of nitro groups is 1. The van der Waals surface area contributed by atoms with Crippen LogP contribution in [0.3, 0.4) is 0 Å². The SMILES string of the molecule is C=CS(=O)(=O)c1ccncc1[N+](=O)[O-]. The second kappa shape index (κ2) is 3.54. The zero-order chi connectivity index (χ0) is 10.8. The molecule has 0 bridgehead atoms. The summed E-state index contributed by atoms with van der Waals surface area (Å²) in [5.74, 6) is 0. The Morgan fingerprint density at radius 2 is 2.21 bits per heavy atom. The highest BCUT2D eigenvalue weighted by molar-refractivity contribution is 7.94. The van der Waals surface area contributed by atoms with Crippen LogP contribution in [-0.2, 0) is 9.84 Å². The summed E-state index contributed by atoms with van der Waals surface area (Å²) in [5.41, 5.74) is -0.549. The molecule has 1 aromatic heterocycles. The molecule has 0 aromatic carbocycles. The summed E-state index contributed by atoms with van der Waals surface area (Å²) in [6.07, 6.45) is 2.06. The van der Waals surface area contributed by atoms with Crippen LogP contribution < -0.4 is 0 Å². The lowest BCUT2D eigenvalue weighted by molar-refractivity contribution is -0.388. The number of sulfone groups is 1. The first-order valence-corrected chi connectivity index (χ1v) is 4.99. The molecule has 0 atom stereocenters. The summed E-state index contributed by atoms with van der Waals surface area (Å²) in [4.78, 5) is 12.7. The van der Waals surface area contributed by atoms with Gasteiger partial charge in [0.2, 0.25) is 9.84 Å². The Bertz CT molecular complexity index is 480. The third-order valence-electron chi connectivity index (χ3n) is 1.48. The standard InChI is InChI=1S/C7H6N2O4S/c1-2-14(12,13)7-3-4-8-5-6(7)9(10)11/h2-5H,1H2. The lowest BCUT2D eigenvalue weighted by atomic mass is 10.4. The van der Waals surface area contributed by atoms with Gasteiger partial charge in [0.1, 0.15) is 6.20 Å². The first-order valence-electron chi connectivity index (χ1n) is 3.45. The number of pyridine rings is 1. The minimum absolute atomic E-state index is 0.396. The van der Waals surface area contributed by atoms with Crippen molar-refractivity contribution < 1.29 is 13.3 Å². The normalized spacial score (nSPS) is 10.9. The van der Waals surface area contributed by atoms with Crippen LogP contribution >= 0.6 is 0 Å². The third kappa shape index (κ3) is 1.77.